The number of aromatic nitrogens is 2. The van der Waals surface area contributed by atoms with E-state index in [0.29, 0.717) is 24.3 Å². The molecule has 2 saturated carbocycles. The number of carbonyl (C=O) groups excluding carboxylic acids is 1. The second-order valence-electron chi connectivity index (χ2n) is 12.8. The highest BCUT2D eigenvalue weighted by Crippen LogP contribution is 2.39. The Bertz CT molecular complexity index is 1400. The number of thiazole rings is 1. The first-order valence-corrected chi connectivity index (χ1v) is 16.6. The number of rotatable bonds is 10. The van der Waals surface area contributed by atoms with Crippen LogP contribution in [0.2, 0.25) is 0 Å². The van der Waals surface area contributed by atoms with Gasteiger partial charge in [0, 0.05) is 48.3 Å². The monoisotopic (exact) mass is 603 g/mol. The molecular weight excluding hydrogens is 558 g/mol. The van der Waals surface area contributed by atoms with Crippen molar-refractivity contribution in [3.63, 3.8) is 0 Å². The Hall–Kier alpha value is -3.26. The smallest absolute Gasteiger partial charge is 0.303 e. The van der Waals surface area contributed by atoms with Crippen molar-refractivity contribution in [1.82, 2.24) is 9.97 Å². The van der Waals surface area contributed by atoms with Crippen LogP contribution in [0.5, 0.6) is 5.75 Å². The van der Waals surface area contributed by atoms with Crippen molar-refractivity contribution in [1.29, 1.82) is 0 Å². The molecule has 43 heavy (non-hydrogen) atoms. The Morgan fingerprint density at radius 2 is 1.74 bits per heavy atom. The molecule has 1 N–H and O–H groups in total. The number of aliphatic carboxylic acids is 1. The molecule has 0 unspecified atom stereocenters. The van der Waals surface area contributed by atoms with Gasteiger partial charge in [0.1, 0.15) is 5.75 Å². The highest BCUT2D eigenvalue weighted by atomic mass is 32.1. The molecule has 2 aliphatic carbocycles. The van der Waals surface area contributed by atoms with Gasteiger partial charge in [0.2, 0.25) is 5.91 Å². The maximum Gasteiger partial charge on any atom is 0.303 e. The first-order chi connectivity index (χ1) is 20.7. The molecule has 2 aromatic heterocycles. The van der Waals surface area contributed by atoms with E-state index in [2.05, 4.69) is 54.1 Å². The summed E-state index contributed by atoms with van der Waals surface area (Å²) in [5, 5.41) is 10.4. The van der Waals surface area contributed by atoms with Gasteiger partial charge < -0.3 is 14.7 Å². The number of hydrogen-bond donors (Lipinski definition) is 1. The Balaban J connectivity index is 1.33. The van der Waals surface area contributed by atoms with Crippen LogP contribution in [-0.4, -0.2) is 40.6 Å². The zero-order valence-corrected chi connectivity index (χ0v) is 26.7. The first kappa shape index (κ1) is 31.2. The average Bonchev–Trinajstić information content (AvgIpc) is 3.51. The molecule has 5 rings (SSSR count). The number of nitrogens with zero attached hydrogens (tertiary/aromatic N) is 3. The highest BCUT2D eigenvalue weighted by Gasteiger charge is 2.33. The van der Waals surface area contributed by atoms with Crippen molar-refractivity contribution in [3.05, 3.63) is 59.0 Å². The molecule has 7 nitrogen and oxygen atoms in total. The molecular formula is C35H45N3O4S. The molecule has 0 saturated heterocycles. The number of benzene rings is 1. The Labute approximate surface area is 259 Å². The minimum Gasteiger partial charge on any atom is -0.495 e. The van der Waals surface area contributed by atoms with E-state index >= 15 is 0 Å². The summed E-state index contributed by atoms with van der Waals surface area (Å²) in [5.74, 6) is 1.60. The van der Waals surface area contributed by atoms with Crippen LogP contribution in [0.1, 0.15) is 99.9 Å². The third-order valence-corrected chi connectivity index (χ3v) is 10.7. The lowest BCUT2D eigenvalue weighted by Gasteiger charge is -2.36. The molecule has 2 fully saturated rings. The fraction of sp³-hybridized carbons (Fsp3) is 0.543. The van der Waals surface area contributed by atoms with Gasteiger partial charge in [0.05, 0.1) is 22.7 Å². The Kier molecular flexibility index (Phi) is 10.2. The van der Waals surface area contributed by atoms with Gasteiger partial charge in [0.15, 0.2) is 0 Å². The summed E-state index contributed by atoms with van der Waals surface area (Å²) in [7, 11) is 1.68. The molecule has 0 aliphatic heterocycles. The number of amides is 1. The number of carboxylic acid groups (broad SMARTS) is 1. The van der Waals surface area contributed by atoms with Crippen LogP contribution in [0, 0.1) is 24.7 Å². The summed E-state index contributed by atoms with van der Waals surface area (Å²) in [4.78, 5) is 38.1. The van der Waals surface area contributed by atoms with Crippen LogP contribution in [0.25, 0.3) is 10.4 Å². The summed E-state index contributed by atoms with van der Waals surface area (Å²) in [5.41, 5.74) is 4.11. The predicted octanol–water partition coefficient (Wildman–Crippen LogP) is 8.23. The number of pyridine rings is 1. The van der Waals surface area contributed by atoms with Crippen molar-refractivity contribution in [2.75, 3.05) is 18.6 Å². The van der Waals surface area contributed by atoms with Crippen LogP contribution >= 0.6 is 11.3 Å². The van der Waals surface area contributed by atoms with Gasteiger partial charge in [-0.3, -0.25) is 14.6 Å². The molecule has 0 spiro atoms. The summed E-state index contributed by atoms with van der Waals surface area (Å²) in [6, 6.07) is 12.5. The summed E-state index contributed by atoms with van der Waals surface area (Å²) in [6.45, 7) is 7.02. The number of anilines is 1. The lowest BCUT2D eigenvalue weighted by Crippen LogP contribution is -2.41. The third kappa shape index (κ3) is 7.64. The highest BCUT2D eigenvalue weighted by molar-refractivity contribution is 7.15. The summed E-state index contributed by atoms with van der Waals surface area (Å²) in [6.07, 6.45) is 9.50. The van der Waals surface area contributed by atoms with E-state index < -0.39 is 5.97 Å². The van der Waals surface area contributed by atoms with E-state index in [1.807, 2.05) is 19.2 Å². The van der Waals surface area contributed by atoms with E-state index in [9.17, 15) is 14.7 Å². The summed E-state index contributed by atoms with van der Waals surface area (Å²) >= 11 is 1.72. The number of hydrogen-bond acceptors (Lipinski definition) is 6. The van der Waals surface area contributed by atoms with Crippen molar-refractivity contribution >= 4 is 28.9 Å². The molecule has 230 valence electrons. The lowest BCUT2D eigenvalue weighted by molar-refractivity contribution is -0.138. The molecule has 0 bridgehead atoms. The van der Waals surface area contributed by atoms with Crippen molar-refractivity contribution in [3.8, 4) is 16.2 Å². The van der Waals surface area contributed by atoms with Gasteiger partial charge in [-0.05, 0) is 100.0 Å². The Morgan fingerprint density at radius 3 is 2.37 bits per heavy atom. The van der Waals surface area contributed by atoms with Crippen molar-refractivity contribution in [2.24, 2.45) is 17.8 Å². The molecule has 2 aliphatic rings. The maximum absolute atomic E-state index is 14.2. The first-order valence-electron chi connectivity index (χ1n) is 15.8. The lowest BCUT2D eigenvalue weighted by atomic mass is 9.78. The number of ether oxygens (including phenoxy) is 1. The molecule has 0 radical (unpaired) electrons. The fourth-order valence-corrected chi connectivity index (χ4v) is 7.74. The average molecular weight is 604 g/mol. The van der Waals surface area contributed by atoms with Gasteiger partial charge in [0.25, 0.3) is 0 Å². The van der Waals surface area contributed by atoms with Crippen LogP contribution in [0.4, 0.5) is 5.69 Å². The molecule has 0 atom stereocenters. The van der Waals surface area contributed by atoms with Crippen LogP contribution < -0.4 is 9.64 Å². The largest absolute Gasteiger partial charge is 0.495 e. The maximum atomic E-state index is 14.2. The molecule has 8 heteroatoms. The molecule has 3 aromatic rings. The van der Waals surface area contributed by atoms with E-state index in [-0.39, 0.29) is 24.2 Å². The van der Waals surface area contributed by atoms with Gasteiger partial charge in [-0.2, -0.15) is 0 Å². The topological polar surface area (TPSA) is 92.6 Å². The van der Waals surface area contributed by atoms with Gasteiger partial charge in [-0.1, -0.05) is 26.0 Å². The standard InChI is InChI=1S/C35H45N3O4S/c1-22(2)34-36-20-32(43-34)28-6-5-7-29(19-28)38(35(41)27-14-8-24(9-15-27)18-33(39)40)21-25-10-12-26(13-11-25)30-16-17-31(42-4)23(3)37-30/h5-7,16-17,19-20,22,24-27H,8-15,18,21H2,1-4H3,(H,39,40). The van der Waals surface area contributed by atoms with E-state index in [4.69, 9.17) is 9.72 Å². The van der Waals surface area contributed by atoms with Gasteiger partial charge in [-0.15, -0.1) is 11.3 Å². The van der Waals surface area contributed by atoms with Gasteiger partial charge >= 0.3 is 5.97 Å². The normalized spacial score (nSPS) is 22.3. The third-order valence-electron chi connectivity index (χ3n) is 9.37. The summed E-state index contributed by atoms with van der Waals surface area (Å²) < 4.78 is 5.40. The number of aryl methyl sites for hydroxylation is 1. The fourth-order valence-electron chi connectivity index (χ4n) is 6.83. The number of carbonyl (C=O) groups is 2. The predicted molar refractivity (Wildman–Crippen MR) is 172 cm³/mol. The van der Waals surface area contributed by atoms with Crippen LogP contribution in [0.3, 0.4) is 0 Å². The van der Waals surface area contributed by atoms with Crippen molar-refractivity contribution in [2.45, 2.75) is 90.4 Å². The minimum atomic E-state index is -0.743. The number of carboxylic acids is 1. The zero-order chi connectivity index (χ0) is 30.5. The van der Waals surface area contributed by atoms with Crippen LogP contribution in [0.15, 0.2) is 42.6 Å². The van der Waals surface area contributed by atoms with Crippen molar-refractivity contribution < 1.29 is 19.4 Å². The minimum absolute atomic E-state index is 0.0625. The second-order valence-corrected chi connectivity index (χ2v) is 13.8. The van der Waals surface area contributed by atoms with Crippen LogP contribution in [-0.2, 0) is 9.59 Å². The molecule has 1 amide bonds. The Morgan fingerprint density at radius 1 is 1.02 bits per heavy atom. The number of methoxy groups -OCH3 is 1. The van der Waals surface area contributed by atoms with E-state index in [1.54, 1.807) is 18.4 Å². The quantitative estimate of drug-likeness (QED) is 0.251. The second kappa shape index (κ2) is 14.0. The zero-order valence-electron chi connectivity index (χ0n) is 25.9. The van der Waals surface area contributed by atoms with Gasteiger partial charge in [-0.25, -0.2) is 4.98 Å². The van der Waals surface area contributed by atoms with E-state index in [0.717, 1.165) is 89.6 Å². The molecule has 1 aromatic carbocycles. The SMILES string of the molecule is COc1ccc(C2CCC(CN(C(=O)C3CCC(CC(=O)O)CC3)c3cccc(-c4cnc(C(C)C)s4)c3)CC2)nc1C. The molecule has 2 heterocycles. The van der Waals surface area contributed by atoms with E-state index in [1.165, 1.54) is 0 Å².